The number of nitrogens with two attached hydrogens (primary N) is 1. The Morgan fingerprint density at radius 2 is 1.90 bits per heavy atom. The minimum Gasteiger partial charge on any atom is -0.337 e. The van der Waals surface area contributed by atoms with Gasteiger partial charge in [-0.25, -0.2) is 0 Å². The highest BCUT2D eigenvalue weighted by Gasteiger charge is 2.39. The Kier molecular flexibility index (Phi) is 4.55. The van der Waals surface area contributed by atoms with Gasteiger partial charge in [-0.05, 0) is 51.5 Å². The zero-order valence-electron chi connectivity index (χ0n) is 13.6. The molecule has 1 amide bonds. The molecular formula is C17H31N3O. The van der Waals surface area contributed by atoms with E-state index >= 15 is 0 Å². The van der Waals surface area contributed by atoms with Gasteiger partial charge >= 0.3 is 0 Å². The lowest BCUT2D eigenvalue weighted by Gasteiger charge is -2.48. The van der Waals surface area contributed by atoms with Gasteiger partial charge in [-0.15, -0.1) is 0 Å². The minimum atomic E-state index is 0.220. The van der Waals surface area contributed by atoms with Crippen LogP contribution in [0.4, 0.5) is 0 Å². The predicted molar refractivity (Wildman–Crippen MR) is 84.9 cm³/mol. The number of piperazine rings is 1. The van der Waals surface area contributed by atoms with E-state index < -0.39 is 0 Å². The predicted octanol–water partition coefficient (Wildman–Crippen LogP) is 1.84. The summed E-state index contributed by atoms with van der Waals surface area (Å²) < 4.78 is 0. The van der Waals surface area contributed by atoms with E-state index in [1.165, 1.54) is 25.8 Å². The van der Waals surface area contributed by atoms with E-state index in [2.05, 4.69) is 23.6 Å². The Hall–Kier alpha value is -0.610. The van der Waals surface area contributed by atoms with Gasteiger partial charge in [0.25, 0.3) is 0 Å². The van der Waals surface area contributed by atoms with Gasteiger partial charge in [0.1, 0.15) is 0 Å². The van der Waals surface area contributed by atoms with E-state index in [0.29, 0.717) is 30.0 Å². The van der Waals surface area contributed by atoms with Crippen LogP contribution in [0.25, 0.3) is 0 Å². The SMILES string of the molecule is CC1CC(C(=O)N2CC3CCCCN3CC2C)CCC1N. The molecule has 2 heterocycles. The number of piperidine rings is 1. The summed E-state index contributed by atoms with van der Waals surface area (Å²) in [5, 5.41) is 0. The highest BCUT2D eigenvalue weighted by atomic mass is 16.2. The number of hydrogen-bond acceptors (Lipinski definition) is 3. The molecule has 0 aromatic heterocycles. The van der Waals surface area contributed by atoms with Crippen molar-refractivity contribution in [3.05, 3.63) is 0 Å². The van der Waals surface area contributed by atoms with Crippen LogP contribution >= 0.6 is 0 Å². The second-order valence-electron chi connectivity index (χ2n) is 7.64. The molecule has 3 fully saturated rings. The Bertz CT molecular complexity index is 386. The van der Waals surface area contributed by atoms with E-state index in [1.807, 2.05) is 0 Å². The lowest BCUT2D eigenvalue weighted by molar-refractivity contribution is -0.144. The third-order valence-corrected chi connectivity index (χ3v) is 6.06. The van der Waals surface area contributed by atoms with E-state index in [0.717, 1.165) is 32.4 Å². The molecule has 2 saturated heterocycles. The topological polar surface area (TPSA) is 49.6 Å². The van der Waals surface area contributed by atoms with Crippen LogP contribution in [0.3, 0.4) is 0 Å². The van der Waals surface area contributed by atoms with Gasteiger partial charge < -0.3 is 10.6 Å². The van der Waals surface area contributed by atoms with E-state index in [9.17, 15) is 4.79 Å². The van der Waals surface area contributed by atoms with Crippen molar-refractivity contribution in [1.82, 2.24) is 9.80 Å². The summed E-state index contributed by atoms with van der Waals surface area (Å²) in [6.07, 6.45) is 6.90. The Morgan fingerprint density at radius 1 is 1.10 bits per heavy atom. The summed E-state index contributed by atoms with van der Waals surface area (Å²) in [7, 11) is 0. The van der Waals surface area contributed by atoms with Crippen LogP contribution in [-0.4, -0.2) is 53.5 Å². The van der Waals surface area contributed by atoms with Crippen LogP contribution < -0.4 is 5.73 Å². The molecule has 1 saturated carbocycles. The van der Waals surface area contributed by atoms with Crippen molar-refractivity contribution in [2.24, 2.45) is 17.6 Å². The van der Waals surface area contributed by atoms with Crippen molar-refractivity contribution in [2.45, 2.75) is 70.5 Å². The molecule has 2 N–H and O–H groups in total. The quantitative estimate of drug-likeness (QED) is 0.802. The number of hydrogen-bond donors (Lipinski definition) is 1. The van der Waals surface area contributed by atoms with Crippen LogP contribution in [0.15, 0.2) is 0 Å². The molecular weight excluding hydrogens is 262 g/mol. The fourth-order valence-electron chi connectivity index (χ4n) is 4.54. The first-order valence-corrected chi connectivity index (χ1v) is 8.86. The fourth-order valence-corrected chi connectivity index (χ4v) is 4.54. The molecule has 120 valence electrons. The lowest BCUT2D eigenvalue weighted by Crippen LogP contribution is -2.61. The normalized spacial score (nSPS) is 41.7. The maximum Gasteiger partial charge on any atom is 0.226 e. The molecule has 4 heteroatoms. The van der Waals surface area contributed by atoms with E-state index in [-0.39, 0.29) is 5.92 Å². The molecule has 21 heavy (non-hydrogen) atoms. The first-order valence-electron chi connectivity index (χ1n) is 8.86. The molecule has 2 aliphatic heterocycles. The smallest absolute Gasteiger partial charge is 0.226 e. The van der Waals surface area contributed by atoms with Gasteiger partial charge in [0.15, 0.2) is 0 Å². The highest BCUT2D eigenvalue weighted by Crippen LogP contribution is 2.32. The van der Waals surface area contributed by atoms with Crippen molar-refractivity contribution in [2.75, 3.05) is 19.6 Å². The summed E-state index contributed by atoms with van der Waals surface area (Å²) >= 11 is 0. The van der Waals surface area contributed by atoms with Crippen LogP contribution in [0.5, 0.6) is 0 Å². The van der Waals surface area contributed by atoms with Crippen molar-refractivity contribution in [3.8, 4) is 0 Å². The number of nitrogens with zero attached hydrogens (tertiary/aromatic N) is 2. The second-order valence-corrected chi connectivity index (χ2v) is 7.64. The molecule has 5 atom stereocenters. The van der Waals surface area contributed by atoms with Crippen LogP contribution in [0.2, 0.25) is 0 Å². The van der Waals surface area contributed by atoms with Crippen molar-refractivity contribution < 1.29 is 4.79 Å². The van der Waals surface area contributed by atoms with Gasteiger partial charge in [0.05, 0.1) is 0 Å². The number of carbonyl (C=O) groups excluding carboxylic acids is 1. The molecule has 1 aliphatic carbocycles. The maximum atomic E-state index is 13.0. The summed E-state index contributed by atoms with van der Waals surface area (Å²) in [5.41, 5.74) is 6.10. The summed E-state index contributed by atoms with van der Waals surface area (Å²) in [5.74, 6) is 1.11. The van der Waals surface area contributed by atoms with Crippen molar-refractivity contribution in [3.63, 3.8) is 0 Å². The fraction of sp³-hybridized carbons (Fsp3) is 0.941. The lowest BCUT2D eigenvalue weighted by atomic mass is 9.78. The highest BCUT2D eigenvalue weighted by molar-refractivity contribution is 5.79. The third kappa shape index (κ3) is 3.11. The number of fused-ring (bicyclic) bond motifs is 1. The van der Waals surface area contributed by atoms with Gasteiger partial charge in [-0.3, -0.25) is 9.69 Å². The van der Waals surface area contributed by atoms with E-state index in [1.54, 1.807) is 0 Å². The Labute approximate surface area is 129 Å². The molecule has 4 nitrogen and oxygen atoms in total. The molecule has 3 aliphatic rings. The van der Waals surface area contributed by atoms with Gasteiger partial charge in [-0.2, -0.15) is 0 Å². The van der Waals surface area contributed by atoms with Crippen LogP contribution in [-0.2, 0) is 4.79 Å². The van der Waals surface area contributed by atoms with Crippen LogP contribution in [0, 0.1) is 11.8 Å². The first kappa shape index (κ1) is 15.3. The number of carbonyl (C=O) groups is 1. The average molecular weight is 293 g/mol. The molecule has 3 rings (SSSR count). The monoisotopic (exact) mass is 293 g/mol. The zero-order valence-corrected chi connectivity index (χ0v) is 13.6. The van der Waals surface area contributed by atoms with E-state index in [4.69, 9.17) is 5.73 Å². The third-order valence-electron chi connectivity index (χ3n) is 6.06. The molecule has 0 aromatic rings. The summed E-state index contributed by atoms with van der Waals surface area (Å²) in [4.78, 5) is 17.8. The second kappa shape index (κ2) is 6.25. The maximum absolute atomic E-state index is 13.0. The standard InChI is InChI=1S/C17H31N3O/c1-12-9-14(6-7-16(12)18)17(21)20-11-15-5-3-4-8-19(15)10-13(20)2/h12-16H,3-11,18H2,1-2H3. The minimum absolute atomic E-state index is 0.220. The Balaban J connectivity index is 1.64. The average Bonchev–Trinajstić information content (AvgIpc) is 2.48. The Morgan fingerprint density at radius 3 is 2.67 bits per heavy atom. The molecule has 0 aromatic carbocycles. The molecule has 0 spiro atoms. The largest absolute Gasteiger partial charge is 0.337 e. The van der Waals surface area contributed by atoms with Crippen molar-refractivity contribution >= 4 is 5.91 Å². The molecule has 5 unspecified atom stereocenters. The molecule has 0 radical (unpaired) electrons. The van der Waals surface area contributed by atoms with Gasteiger partial charge in [-0.1, -0.05) is 13.3 Å². The zero-order chi connectivity index (χ0) is 15.0. The van der Waals surface area contributed by atoms with Gasteiger partial charge in [0.2, 0.25) is 5.91 Å². The summed E-state index contributed by atoms with van der Waals surface area (Å²) in [6.45, 7) is 7.68. The number of rotatable bonds is 1. The van der Waals surface area contributed by atoms with Crippen molar-refractivity contribution in [1.29, 1.82) is 0 Å². The van der Waals surface area contributed by atoms with Gasteiger partial charge in [0, 0.05) is 37.1 Å². The first-order chi connectivity index (χ1) is 10.1. The molecule has 0 bridgehead atoms. The number of amides is 1. The van der Waals surface area contributed by atoms with Crippen LogP contribution in [0.1, 0.15) is 52.4 Å². The summed E-state index contributed by atoms with van der Waals surface area (Å²) in [6, 6.07) is 1.28.